The lowest BCUT2D eigenvalue weighted by molar-refractivity contribution is 0.112. The molecule has 2 heterocycles. The van der Waals surface area contributed by atoms with Gasteiger partial charge in [0.15, 0.2) is 6.29 Å². The summed E-state index contributed by atoms with van der Waals surface area (Å²) in [7, 11) is 0. The molecule has 96 valence electrons. The normalized spacial score (nSPS) is 17.3. The lowest BCUT2D eigenvalue weighted by atomic mass is 9.88. The molecule has 1 aromatic rings. The fourth-order valence-electron chi connectivity index (χ4n) is 3.36. The van der Waals surface area contributed by atoms with Gasteiger partial charge in [0.25, 0.3) is 0 Å². The second kappa shape index (κ2) is 4.63. The maximum atomic E-state index is 11.3. The average molecular weight is 244 g/mol. The third kappa shape index (κ3) is 1.69. The highest BCUT2D eigenvalue weighted by Gasteiger charge is 2.27. The minimum atomic E-state index is 0.842. The molecule has 0 bridgehead atoms. The largest absolute Gasteiger partial charge is 0.384 e. The van der Waals surface area contributed by atoms with Gasteiger partial charge in [-0.15, -0.1) is 0 Å². The number of benzene rings is 1. The first-order chi connectivity index (χ1) is 8.85. The van der Waals surface area contributed by atoms with Crippen molar-refractivity contribution in [1.82, 2.24) is 0 Å². The smallest absolute Gasteiger partial charge is 0.152 e. The van der Waals surface area contributed by atoms with Crippen molar-refractivity contribution >= 4 is 17.7 Å². The summed E-state index contributed by atoms with van der Waals surface area (Å²) in [5, 5.41) is 3.39. The summed E-state index contributed by atoms with van der Waals surface area (Å²) in [5.74, 6) is 0. The zero-order chi connectivity index (χ0) is 12.5. The Morgan fingerprint density at radius 3 is 2.83 bits per heavy atom. The van der Waals surface area contributed by atoms with E-state index in [-0.39, 0.29) is 0 Å². The number of aryl methyl sites for hydroxylation is 1. The molecule has 0 unspecified atom stereocenters. The summed E-state index contributed by atoms with van der Waals surface area (Å²) < 4.78 is 0. The van der Waals surface area contributed by atoms with Gasteiger partial charge in [0.1, 0.15) is 0 Å². The van der Waals surface area contributed by atoms with Gasteiger partial charge in [-0.2, -0.15) is 0 Å². The van der Waals surface area contributed by atoms with Crippen molar-refractivity contribution in [3.05, 3.63) is 22.8 Å². The fourth-order valence-corrected chi connectivity index (χ4v) is 3.36. The Kier molecular flexibility index (Phi) is 2.98. The van der Waals surface area contributed by atoms with E-state index in [4.69, 9.17) is 0 Å². The van der Waals surface area contributed by atoms with Crippen LogP contribution in [-0.2, 0) is 12.8 Å². The number of hydrogen-bond acceptors (Lipinski definition) is 3. The van der Waals surface area contributed by atoms with Crippen molar-refractivity contribution in [2.75, 3.05) is 29.9 Å². The second-order valence-corrected chi connectivity index (χ2v) is 5.17. The summed E-state index contributed by atoms with van der Waals surface area (Å²) in [6, 6.07) is 2.10. The van der Waals surface area contributed by atoms with Gasteiger partial charge >= 0.3 is 0 Å². The topological polar surface area (TPSA) is 32.3 Å². The lowest BCUT2D eigenvalue weighted by Gasteiger charge is -2.38. The Bertz CT molecular complexity index is 480. The molecule has 2 aliphatic heterocycles. The molecule has 1 N–H and O–H groups in total. The Hall–Kier alpha value is -1.51. The molecule has 0 radical (unpaired) electrons. The van der Waals surface area contributed by atoms with Crippen LogP contribution in [0.2, 0.25) is 0 Å². The molecule has 2 aliphatic rings. The Morgan fingerprint density at radius 1 is 1.33 bits per heavy atom. The first-order valence-corrected chi connectivity index (χ1v) is 6.98. The highest BCUT2D eigenvalue weighted by Crippen LogP contribution is 2.40. The monoisotopic (exact) mass is 244 g/mol. The van der Waals surface area contributed by atoms with E-state index in [0.29, 0.717) is 0 Å². The van der Waals surface area contributed by atoms with E-state index in [1.54, 1.807) is 0 Å². The van der Waals surface area contributed by atoms with Crippen molar-refractivity contribution in [3.8, 4) is 0 Å². The van der Waals surface area contributed by atoms with E-state index in [1.807, 2.05) is 0 Å². The van der Waals surface area contributed by atoms with Crippen LogP contribution in [0, 0.1) is 0 Å². The van der Waals surface area contributed by atoms with Crippen molar-refractivity contribution in [2.24, 2.45) is 0 Å². The number of aldehydes is 1. The van der Waals surface area contributed by atoms with Crippen LogP contribution in [0.4, 0.5) is 11.4 Å². The quantitative estimate of drug-likeness (QED) is 0.830. The van der Waals surface area contributed by atoms with Gasteiger partial charge in [0.05, 0.1) is 0 Å². The van der Waals surface area contributed by atoms with Crippen LogP contribution in [0.1, 0.15) is 41.3 Å². The Morgan fingerprint density at radius 2 is 2.11 bits per heavy atom. The molecule has 0 spiro atoms. The number of rotatable bonds is 3. The van der Waals surface area contributed by atoms with Crippen LogP contribution < -0.4 is 10.2 Å². The Balaban J connectivity index is 2.20. The molecule has 18 heavy (non-hydrogen) atoms. The predicted molar refractivity (Wildman–Crippen MR) is 74.8 cm³/mol. The van der Waals surface area contributed by atoms with Crippen LogP contribution in [0.5, 0.6) is 0 Å². The molecular weight excluding hydrogens is 224 g/mol. The van der Waals surface area contributed by atoms with E-state index in [2.05, 4.69) is 23.2 Å². The molecule has 0 saturated carbocycles. The number of nitrogens with one attached hydrogen (secondary N) is 1. The average Bonchev–Trinajstić information content (AvgIpc) is 2.42. The predicted octanol–water partition coefficient (Wildman–Crippen LogP) is 2.63. The SMILES string of the molecule is CCNc1c(C=O)cc2c3c1CCCN3CCC2. The molecule has 0 aliphatic carbocycles. The molecule has 0 amide bonds. The van der Waals surface area contributed by atoms with Gasteiger partial charge < -0.3 is 10.2 Å². The van der Waals surface area contributed by atoms with E-state index >= 15 is 0 Å². The van der Waals surface area contributed by atoms with Crippen molar-refractivity contribution in [2.45, 2.75) is 32.6 Å². The maximum Gasteiger partial charge on any atom is 0.152 e. The van der Waals surface area contributed by atoms with E-state index < -0.39 is 0 Å². The van der Waals surface area contributed by atoms with Gasteiger partial charge in [0.2, 0.25) is 0 Å². The number of hydrogen-bond donors (Lipinski definition) is 1. The van der Waals surface area contributed by atoms with Crippen LogP contribution in [0.3, 0.4) is 0 Å². The number of anilines is 2. The van der Waals surface area contributed by atoms with E-state index in [0.717, 1.165) is 36.9 Å². The second-order valence-electron chi connectivity index (χ2n) is 5.17. The molecule has 0 fully saturated rings. The molecule has 0 aromatic heterocycles. The van der Waals surface area contributed by atoms with Crippen molar-refractivity contribution in [1.29, 1.82) is 0 Å². The number of nitrogens with zero attached hydrogens (tertiary/aromatic N) is 1. The lowest BCUT2D eigenvalue weighted by Crippen LogP contribution is -2.35. The van der Waals surface area contributed by atoms with Crippen molar-refractivity contribution < 1.29 is 4.79 Å². The zero-order valence-corrected chi connectivity index (χ0v) is 11.0. The van der Waals surface area contributed by atoms with E-state index in [1.165, 1.54) is 42.7 Å². The fraction of sp³-hybridized carbons (Fsp3) is 0.533. The molecule has 0 saturated heterocycles. The standard InChI is InChI=1S/C15H20N2O/c1-2-16-14-12(10-18)9-11-5-3-7-17-8-4-6-13(14)15(11)17/h9-10,16H,2-8H2,1H3. The highest BCUT2D eigenvalue weighted by molar-refractivity contribution is 5.90. The van der Waals surface area contributed by atoms with Crippen LogP contribution >= 0.6 is 0 Å². The van der Waals surface area contributed by atoms with Crippen molar-refractivity contribution in [3.63, 3.8) is 0 Å². The van der Waals surface area contributed by atoms with E-state index in [9.17, 15) is 4.79 Å². The molecule has 1 aromatic carbocycles. The summed E-state index contributed by atoms with van der Waals surface area (Å²) in [5.41, 5.74) is 6.10. The zero-order valence-electron chi connectivity index (χ0n) is 11.0. The van der Waals surface area contributed by atoms with Gasteiger partial charge in [0, 0.05) is 36.6 Å². The van der Waals surface area contributed by atoms with Gasteiger partial charge in [-0.1, -0.05) is 0 Å². The third-order valence-electron chi connectivity index (χ3n) is 4.04. The third-order valence-corrected chi connectivity index (χ3v) is 4.04. The summed E-state index contributed by atoms with van der Waals surface area (Å²) in [4.78, 5) is 13.8. The molecule has 3 heteroatoms. The van der Waals surface area contributed by atoms with Gasteiger partial charge in [-0.3, -0.25) is 4.79 Å². The molecule has 3 rings (SSSR count). The number of carbonyl (C=O) groups is 1. The minimum Gasteiger partial charge on any atom is -0.384 e. The first-order valence-electron chi connectivity index (χ1n) is 6.98. The van der Waals surface area contributed by atoms with Crippen LogP contribution in [0.25, 0.3) is 0 Å². The highest BCUT2D eigenvalue weighted by atomic mass is 16.1. The van der Waals surface area contributed by atoms with Crippen LogP contribution in [0.15, 0.2) is 6.07 Å². The summed E-state index contributed by atoms with van der Waals surface area (Å²) >= 11 is 0. The van der Waals surface area contributed by atoms with Gasteiger partial charge in [-0.05, 0) is 49.8 Å². The molecular formula is C15H20N2O. The minimum absolute atomic E-state index is 0.842. The first kappa shape index (κ1) is 11.6. The summed E-state index contributed by atoms with van der Waals surface area (Å²) in [6.45, 7) is 5.30. The Labute approximate surface area is 108 Å². The number of carbonyl (C=O) groups excluding carboxylic acids is 1. The molecule has 3 nitrogen and oxygen atoms in total. The summed E-state index contributed by atoms with van der Waals surface area (Å²) in [6.07, 6.45) is 5.63. The van der Waals surface area contributed by atoms with Crippen LogP contribution in [-0.4, -0.2) is 25.9 Å². The van der Waals surface area contributed by atoms with Gasteiger partial charge in [-0.25, -0.2) is 0 Å². The maximum absolute atomic E-state index is 11.3. The molecule has 0 atom stereocenters.